The number of phenols is 2. The number of nitrogens with zero attached hydrogens (tertiary/aromatic N) is 1. The summed E-state index contributed by atoms with van der Waals surface area (Å²) in [5.41, 5.74) is 3.12. The summed E-state index contributed by atoms with van der Waals surface area (Å²) in [5.74, 6) is -2.26. The molecule has 4 N–H and O–H groups in total. The average Bonchev–Trinajstić information content (AvgIpc) is 2.72. The summed E-state index contributed by atoms with van der Waals surface area (Å²) >= 11 is 6.23. The van der Waals surface area contributed by atoms with Gasteiger partial charge in [0.25, 0.3) is 0 Å². The van der Waals surface area contributed by atoms with Crippen molar-refractivity contribution in [2.45, 2.75) is 6.92 Å². The monoisotopic (exact) mass is 519 g/mol. The number of anilines is 1. The fourth-order valence-corrected chi connectivity index (χ4v) is 3.70. The highest BCUT2D eigenvalue weighted by Crippen LogP contribution is 2.41. The van der Waals surface area contributed by atoms with Crippen molar-refractivity contribution in [3.05, 3.63) is 63.0 Å². The Morgan fingerprint density at radius 3 is 2.34 bits per heavy atom. The SMILES string of the molecule is CC(=NNC(=O)C(=O)Nc1ccc2ccccc2c1)c1cc(Br)c(O)c(Br)c1O. The zero-order valence-electron chi connectivity index (χ0n) is 15.0. The second kappa shape index (κ2) is 8.62. The van der Waals surface area contributed by atoms with Gasteiger partial charge in [0, 0.05) is 11.3 Å². The van der Waals surface area contributed by atoms with Crippen molar-refractivity contribution in [3.8, 4) is 11.5 Å². The Morgan fingerprint density at radius 2 is 1.62 bits per heavy atom. The highest BCUT2D eigenvalue weighted by Gasteiger charge is 2.17. The number of carbonyl (C=O) groups excluding carboxylic acids is 2. The standard InChI is InChI=1S/C20H15Br2N3O4/c1-10(14-9-15(21)18(27)16(22)17(14)26)24-25-20(29)19(28)23-13-7-6-11-4-2-3-5-12(11)8-13/h2-9,26-27H,1H3,(H,23,28)(H,25,29). The number of phenolic OH excluding ortho intramolecular Hbond substituents is 2. The van der Waals surface area contributed by atoms with Gasteiger partial charge in [-0.2, -0.15) is 5.10 Å². The molecule has 0 bridgehead atoms. The Bertz CT molecular complexity index is 1160. The van der Waals surface area contributed by atoms with E-state index in [-0.39, 0.29) is 27.2 Å². The molecule has 0 fully saturated rings. The fraction of sp³-hybridized carbons (Fsp3) is 0.0500. The normalized spacial score (nSPS) is 11.3. The highest BCUT2D eigenvalue weighted by molar-refractivity contribution is 9.11. The zero-order valence-corrected chi connectivity index (χ0v) is 18.2. The van der Waals surface area contributed by atoms with E-state index in [2.05, 4.69) is 47.7 Å². The molecule has 0 aromatic heterocycles. The van der Waals surface area contributed by atoms with Gasteiger partial charge in [0.05, 0.1) is 10.2 Å². The van der Waals surface area contributed by atoms with Crippen LogP contribution in [0.3, 0.4) is 0 Å². The fourth-order valence-electron chi connectivity index (χ4n) is 2.58. The molecule has 9 heteroatoms. The second-order valence-electron chi connectivity index (χ2n) is 6.07. The van der Waals surface area contributed by atoms with E-state index in [4.69, 9.17) is 0 Å². The van der Waals surface area contributed by atoms with Crippen molar-refractivity contribution < 1.29 is 19.8 Å². The predicted octanol–water partition coefficient (Wildman–Crippen LogP) is 4.25. The van der Waals surface area contributed by atoms with E-state index in [1.807, 2.05) is 30.3 Å². The molecule has 2 amide bonds. The Labute approximate surface area is 182 Å². The molecule has 0 aliphatic heterocycles. The molecule has 0 saturated heterocycles. The van der Waals surface area contributed by atoms with Crippen LogP contribution in [0.15, 0.2) is 62.6 Å². The first-order chi connectivity index (χ1) is 13.8. The van der Waals surface area contributed by atoms with E-state index in [0.717, 1.165) is 10.8 Å². The maximum atomic E-state index is 12.1. The summed E-state index contributed by atoms with van der Waals surface area (Å²) in [4.78, 5) is 24.2. The molecule has 7 nitrogen and oxygen atoms in total. The molecule has 3 rings (SSSR count). The molecule has 0 spiro atoms. The van der Waals surface area contributed by atoms with Crippen molar-refractivity contribution in [3.63, 3.8) is 0 Å². The molecule has 0 saturated carbocycles. The largest absolute Gasteiger partial charge is 0.506 e. The zero-order chi connectivity index (χ0) is 21.1. The molecule has 0 aliphatic carbocycles. The van der Waals surface area contributed by atoms with Crippen molar-refractivity contribution in [1.29, 1.82) is 0 Å². The number of amides is 2. The Morgan fingerprint density at radius 1 is 0.931 bits per heavy atom. The van der Waals surface area contributed by atoms with Crippen LogP contribution in [-0.2, 0) is 9.59 Å². The lowest BCUT2D eigenvalue weighted by molar-refractivity contribution is -0.136. The molecule has 29 heavy (non-hydrogen) atoms. The van der Waals surface area contributed by atoms with Crippen LogP contribution in [-0.4, -0.2) is 27.7 Å². The van der Waals surface area contributed by atoms with Gasteiger partial charge in [0.2, 0.25) is 0 Å². The number of hydrogen-bond donors (Lipinski definition) is 4. The maximum Gasteiger partial charge on any atom is 0.329 e. The summed E-state index contributed by atoms with van der Waals surface area (Å²) in [7, 11) is 0. The highest BCUT2D eigenvalue weighted by atomic mass is 79.9. The number of rotatable bonds is 3. The van der Waals surface area contributed by atoms with E-state index in [9.17, 15) is 19.8 Å². The van der Waals surface area contributed by atoms with Crippen LogP contribution in [0.25, 0.3) is 10.8 Å². The van der Waals surface area contributed by atoms with Gasteiger partial charge < -0.3 is 15.5 Å². The topological polar surface area (TPSA) is 111 Å². The van der Waals surface area contributed by atoms with Crippen molar-refractivity contribution in [2.24, 2.45) is 5.10 Å². The minimum absolute atomic E-state index is 0.0804. The number of aromatic hydroxyl groups is 2. The first-order valence-corrected chi connectivity index (χ1v) is 9.91. The summed E-state index contributed by atoms with van der Waals surface area (Å²) in [6.07, 6.45) is 0. The molecule has 0 atom stereocenters. The van der Waals surface area contributed by atoms with Gasteiger partial charge in [-0.3, -0.25) is 9.59 Å². The lowest BCUT2D eigenvalue weighted by atomic mass is 10.1. The molecule has 0 aliphatic rings. The van der Waals surface area contributed by atoms with Gasteiger partial charge in [-0.1, -0.05) is 30.3 Å². The lowest BCUT2D eigenvalue weighted by Gasteiger charge is -2.10. The Hall–Kier alpha value is -2.91. The average molecular weight is 521 g/mol. The number of carbonyl (C=O) groups is 2. The van der Waals surface area contributed by atoms with Gasteiger partial charge in [-0.15, -0.1) is 0 Å². The van der Waals surface area contributed by atoms with Gasteiger partial charge >= 0.3 is 11.8 Å². The molecule has 3 aromatic carbocycles. The van der Waals surface area contributed by atoms with Crippen LogP contribution in [0.1, 0.15) is 12.5 Å². The van der Waals surface area contributed by atoms with Gasteiger partial charge in [0.1, 0.15) is 16.0 Å². The first-order valence-electron chi connectivity index (χ1n) is 8.32. The number of benzene rings is 3. The van der Waals surface area contributed by atoms with Crippen LogP contribution in [0.4, 0.5) is 5.69 Å². The minimum atomic E-state index is -0.964. The van der Waals surface area contributed by atoms with Gasteiger partial charge in [-0.05, 0) is 67.8 Å². The van der Waals surface area contributed by atoms with E-state index in [1.165, 1.54) is 13.0 Å². The molecule has 0 radical (unpaired) electrons. The molecular formula is C20H15Br2N3O4. The van der Waals surface area contributed by atoms with Crippen LogP contribution in [0.5, 0.6) is 11.5 Å². The third-order valence-electron chi connectivity index (χ3n) is 4.10. The second-order valence-corrected chi connectivity index (χ2v) is 7.72. The maximum absolute atomic E-state index is 12.1. The smallest absolute Gasteiger partial charge is 0.329 e. The summed E-state index contributed by atoms with van der Waals surface area (Å²) < 4.78 is 0.406. The number of halogens is 2. The number of fused-ring (bicyclic) bond motifs is 1. The lowest BCUT2D eigenvalue weighted by Crippen LogP contribution is -2.32. The first kappa shape index (κ1) is 20.8. The van der Waals surface area contributed by atoms with Gasteiger partial charge in [0.15, 0.2) is 0 Å². The van der Waals surface area contributed by atoms with E-state index < -0.39 is 11.8 Å². The van der Waals surface area contributed by atoms with E-state index in [0.29, 0.717) is 10.2 Å². The van der Waals surface area contributed by atoms with Crippen LogP contribution in [0.2, 0.25) is 0 Å². The molecule has 0 unspecified atom stereocenters. The van der Waals surface area contributed by atoms with Gasteiger partial charge in [-0.25, -0.2) is 5.43 Å². The number of nitrogens with one attached hydrogen (secondary N) is 2. The minimum Gasteiger partial charge on any atom is -0.506 e. The third-order valence-corrected chi connectivity index (χ3v) is 5.45. The van der Waals surface area contributed by atoms with Crippen LogP contribution in [0, 0.1) is 0 Å². The van der Waals surface area contributed by atoms with E-state index in [1.54, 1.807) is 12.1 Å². The summed E-state index contributed by atoms with van der Waals surface area (Å²) in [6.45, 7) is 1.53. The predicted molar refractivity (Wildman–Crippen MR) is 118 cm³/mol. The Balaban J connectivity index is 1.71. The summed E-state index contributed by atoms with van der Waals surface area (Å²) in [6, 6.07) is 14.4. The van der Waals surface area contributed by atoms with E-state index >= 15 is 0 Å². The third kappa shape index (κ3) is 4.57. The van der Waals surface area contributed by atoms with Crippen molar-refractivity contribution in [1.82, 2.24) is 5.43 Å². The van der Waals surface area contributed by atoms with Crippen LogP contribution >= 0.6 is 31.9 Å². The van der Waals surface area contributed by atoms with Crippen LogP contribution < -0.4 is 10.7 Å². The Kier molecular flexibility index (Phi) is 6.19. The summed E-state index contributed by atoms with van der Waals surface area (Å²) in [5, 5.41) is 28.2. The molecular weight excluding hydrogens is 506 g/mol. The van der Waals surface area contributed by atoms with Crippen molar-refractivity contribution in [2.75, 3.05) is 5.32 Å². The van der Waals surface area contributed by atoms with Crippen molar-refractivity contribution >= 4 is 65.8 Å². The molecule has 3 aromatic rings. The quantitative estimate of drug-likeness (QED) is 0.235. The number of hydrazone groups is 1. The molecule has 148 valence electrons. The number of hydrogen-bond acceptors (Lipinski definition) is 5. The molecule has 0 heterocycles.